The van der Waals surface area contributed by atoms with Gasteiger partial charge in [0, 0.05) is 20.1 Å². The number of amides is 1. The molecule has 29 heavy (non-hydrogen) atoms. The lowest BCUT2D eigenvalue weighted by molar-refractivity contribution is -0.186. The van der Waals surface area contributed by atoms with Crippen molar-refractivity contribution in [3.63, 3.8) is 0 Å². The topological polar surface area (TPSA) is 82.1 Å². The maximum Gasteiger partial charge on any atom is 0.336 e. The lowest BCUT2D eigenvalue weighted by Crippen LogP contribution is -2.52. The van der Waals surface area contributed by atoms with Gasteiger partial charge in [-0.3, -0.25) is 9.59 Å². The van der Waals surface area contributed by atoms with E-state index < -0.39 is 29.1 Å². The molecule has 1 aliphatic heterocycles. The predicted octanol–water partition coefficient (Wildman–Crippen LogP) is 2.89. The van der Waals surface area contributed by atoms with Crippen LogP contribution < -0.4 is 0 Å². The number of hydrogen-bond donors (Lipinski definition) is 0. The van der Waals surface area contributed by atoms with Crippen LogP contribution in [0.1, 0.15) is 52.6 Å². The standard InChI is InChI=1S/C22H31NO6/c1-7-28-19(25)18(27-6)22(20(26)29-21(3,4)5)13-17(24)23(14-22)15(2)16-11-9-8-10-12-16/h8-12,15,18H,7,13-14H2,1-6H3/t15-,18?,22+/m1/s1. The van der Waals surface area contributed by atoms with Crippen molar-refractivity contribution in [2.24, 2.45) is 5.41 Å². The highest BCUT2D eigenvalue weighted by molar-refractivity contribution is 5.95. The molecule has 3 atom stereocenters. The molecule has 0 spiro atoms. The molecule has 160 valence electrons. The fourth-order valence-electron chi connectivity index (χ4n) is 3.65. The molecule has 1 unspecified atom stereocenters. The third-order valence-corrected chi connectivity index (χ3v) is 5.03. The summed E-state index contributed by atoms with van der Waals surface area (Å²) in [5, 5.41) is 0. The number of methoxy groups -OCH3 is 1. The third kappa shape index (κ3) is 4.96. The van der Waals surface area contributed by atoms with Crippen LogP contribution in [0.3, 0.4) is 0 Å². The maximum atomic E-state index is 13.3. The third-order valence-electron chi connectivity index (χ3n) is 5.03. The van der Waals surface area contributed by atoms with Crippen LogP contribution in [0.4, 0.5) is 0 Å². The first-order chi connectivity index (χ1) is 13.6. The number of likely N-dealkylation sites (tertiary alicyclic amines) is 1. The molecule has 7 nitrogen and oxygen atoms in total. The Kier molecular flexibility index (Phi) is 7.06. The molecule has 7 heteroatoms. The lowest BCUT2D eigenvalue weighted by atomic mass is 9.80. The molecule has 1 aromatic carbocycles. The van der Waals surface area contributed by atoms with E-state index in [1.165, 1.54) is 7.11 Å². The largest absolute Gasteiger partial charge is 0.464 e. The van der Waals surface area contributed by atoms with Gasteiger partial charge in [0.1, 0.15) is 11.0 Å². The summed E-state index contributed by atoms with van der Waals surface area (Å²) in [5.74, 6) is -1.55. The van der Waals surface area contributed by atoms with Gasteiger partial charge in [-0.2, -0.15) is 0 Å². The smallest absolute Gasteiger partial charge is 0.336 e. The highest BCUT2D eigenvalue weighted by atomic mass is 16.6. The molecule has 1 saturated heterocycles. The molecule has 1 heterocycles. The van der Waals surface area contributed by atoms with Gasteiger partial charge in [-0.25, -0.2) is 4.79 Å². The molecule has 0 N–H and O–H groups in total. The number of hydrogen-bond acceptors (Lipinski definition) is 6. The molecule has 0 aliphatic carbocycles. The first kappa shape index (κ1) is 22.9. The fraction of sp³-hybridized carbons (Fsp3) is 0.591. The van der Waals surface area contributed by atoms with Gasteiger partial charge >= 0.3 is 11.9 Å². The second-order valence-electron chi connectivity index (χ2n) is 8.31. The minimum Gasteiger partial charge on any atom is -0.464 e. The Hall–Kier alpha value is -2.41. The van der Waals surface area contributed by atoms with E-state index in [1.807, 2.05) is 37.3 Å². The van der Waals surface area contributed by atoms with Crippen LogP contribution in [0, 0.1) is 5.41 Å². The summed E-state index contributed by atoms with van der Waals surface area (Å²) >= 11 is 0. The van der Waals surface area contributed by atoms with E-state index >= 15 is 0 Å². The van der Waals surface area contributed by atoms with Crippen molar-refractivity contribution in [2.75, 3.05) is 20.3 Å². The van der Waals surface area contributed by atoms with E-state index in [4.69, 9.17) is 14.2 Å². The normalized spacial score (nSPS) is 21.6. The Bertz CT molecular complexity index is 741. The van der Waals surface area contributed by atoms with Crippen LogP contribution >= 0.6 is 0 Å². The molecule has 1 amide bonds. The zero-order valence-electron chi connectivity index (χ0n) is 18.1. The summed E-state index contributed by atoms with van der Waals surface area (Å²) in [4.78, 5) is 40.4. The Morgan fingerprint density at radius 3 is 2.34 bits per heavy atom. The van der Waals surface area contributed by atoms with Crippen molar-refractivity contribution in [1.82, 2.24) is 4.90 Å². The van der Waals surface area contributed by atoms with Crippen molar-refractivity contribution < 1.29 is 28.6 Å². The van der Waals surface area contributed by atoms with Crippen LogP contribution in [0.15, 0.2) is 30.3 Å². The van der Waals surface area contributed by atoms with Gasteiger partial charge in [-0.15, -0.1) is 0 Å². The number of benzene rings is 1. The van der Waals surface area contributed by atoms with Crippen molar-refractivity contribution in [1.29, 1.82) is 0 Å². The number of rotatable bonds is 7. The molecular formula is C22H31NO6. The van der Waals surface area contributed by atoms with Crippen molar-refractivity contribution >= 4 is 17.8 Å². The summed E-state index contributed by atoms with van der Waals surface area (Å²) in [6.07, 6.45) is -1.43. The summed E-state index contributed by atoms with van der Waals surface area (Å²) < 4.78 is 16.2. The number of ether oxygens (including phenoxy) is 3. The molecule has 0 bridgehead atoms. The van der Waals surface area contributed by atoms with E-state index in [9.17, 15) is 14.4 Å². The molecule has 1 aliphatic rings. The first-order valence-electron chi connectivity index (χ1n) is 9.83. The molecule has 1 aromatic rings. The molecule has 0 aromatic heterocycles. The summed E-state index contributed by atoms with van der Waals surface area (Å²) in [5.41, 5.74) is -1.32. The van der Waals surface area contributed by atoms with Gasteiger partial charge in [0.2, 0.25) is 5.91 Å². The minimum atomic E-state index is -1.48. The Morgan fingerprint density at radius 1 is 1.21 bits per heavy atom. The molecule has 0 saturated carbocycles. The highest BCUT2D eigenvalue weighted by Gasteiger charge is 2.60. The lowest BCUT2D eigenvalue weighted by Gasteiger charge is -2.35. The van der Waals surface area contributed by atoms with Crippen molar-refractivity contribution in [2.45, 2.75) is 58.8 Å². The van der Waals surface area contributed by atoms with Crippen LogP contribution in [0.25, 0.3) is 0 Å². The van der Waals surface area contributed by atoms with Crippen LogP contribution in [-0.2, 0) is 28.6 Å². The Morgan fingerprint density at radius 2 is 1.83 bits per heavy atom. The minimum absolute atomic E-state index is 0.00806. The number of carbonyl (C=O) groups is 3. The summed E-state index contributed by atoms with van der Waals surface area (Å²) in [6.45, 7) is 8.94. The van der Waals surface area contributed by atoms with E-state index in [0.29, 0.717) is 0 Å². The summed E-state index contributed by atoms with van der Waals surface area (Å²) in [6, 6.07) is 9.26. The molecule has 2 rings (SSSR count). The number of nitrogens with zero attached hydrogens (tertiary/aromatic N) is 1. The van der Waals surface area contributed by atoms with Crippen molar-refractivity contribution in [3.05, 3.63) is 35.9 Å². The second-order valence-corrected chi connectivity index (χ2v) is 8.31. The zero-order chi connectivity index (χ0) is 21.8. The highest BCUT2D eigenvalue weighted by Crippen LogP contribution is 2.42. The van der Waals surface area contributed by atoms with Gasteiger partial charge in [-0.1, -0.05) is 30.3 Å². The fourth-order valence-corrected chi connectivity index (χ4v) is 3.65. The average molecular weight is 405 g/mol. The van der Waals surface area contributed by atoms with E-state index in [0.717, 1.165) is 5.56 Å². The maximum absolute atomic E-state index is 13.3. The van der Waals surface area contributed by atoms with Crippen LogP contribution in [-0.4, -0.2) is 54.7 Å². The van der Waals surface area contributed by atoms with Gasteiger partial charge in [0.15, 0.2) is 6.10 Å². The van der Waals surface area contributed by atoms with Crippen molar-refractivity contribution in [3.8, 4) is 0 Å². The monoisotopic (exact) mass is 405 g/mol. The SMILES string of the molecule is CCOC(=O)C(OC)[C@]1(C(=O)OC(C)(C)C)CC(=O)N([C@H](C)c2ccccc2)C1. The van der Waals surface area contributed by atoms with Crippen LogP contribution in [0.5, 0.6) is 0 Å². The molecule has 1 fully saturated rings. The van der Waals surface area contributed by atoms with Gasteiger partial charge < -0.3 is 19.1 Å². The average Bonchev–Trinajstić information content (AvgIpc) is 2.99. The van der Waals surface area contributed by atoms with Gasteiger partial charge in [-0.05, 0) is 40.2 Å². The number of carbonyl (C=O) groups excluding carboxylic acids is 3. The number of esters is 2. The summed E-state index contributed by atoms with van der Waals surface area (Å²) in [7, 11) is 1.33. The predicted molar refractivity (Wildman–Crippen MR) is 107 cm³/mol. The van der Waals surface area contributed by atoms with E-state index in [1.54, 1.807) is 32.6 Å². The van der Waals surface area contributed by atoms with E-state index in [2.05, 4.69) is 0 Å². The first-order valence-corrected chi connectivity index (χ1v) is 9.83. The van der Waals surface area contributed by atoms with Gasteiger partial charge in [0.25, 0.3) is 0 Å². The van der Waals surface area contributed by atoms with Gasteiger partial charge in [0.05, 0.1) is 12.6 Å². The second kappa shape index (κ2) is 8.95. The zero-order valence-corrected chi connectivity index (χ0v) is 18.1. The molecular weight excluding hydrogens is 374 g/mol. The Labute approximate surface area is 172 Å². The van der Waals surface area contributed by atoms with Crippen LogP contribution in [0.2, 0.25) is 0 Å². The molecule has 0 radical (unpaired) electrons. The Balaban J connectivity index is 2.44. The van der Waals surface area contributed by atoms with E-state index in [-0.39, 0.29) is 31.5 Å². The quantitative estimate of drug-likeness (QED) is 0.649.